The molecule has 1 amide bonds. The van der Waals surface area contributed by atoms with Gasteiger partial charge in [-0.05, 0) is 23.8 Å². The average molecular weight is 264 g/mol. The van der Waals surface area contributed by atoms with E-state index in [1.807, 2.05) is 0 Å². The summed E-state index contributed by atoms with van der Waals surface area (Å²) in [5, 5.41) is 12.5. The first kappa shape index (κ1) is 13.2. The van der Waals surface area contributed by atoms with E-state index in [-0.39, 0.29) is 18.1 Å². The number of nitrogens with one attached hydrogen (secondary N) is 1. The van der Waals surface area contributed by atoms with Crippen molar-refractivity contribution in [2.45, 2.75) is 19.0 Å². The number of phenolic OH excluding ortho intramolecular Hbond substituents is 1. The molecule has 1 aromatic rings. The van der Waals surface area contributed by atoms with E-state index >= 15 is 0 Å². The van der Waals surface area contributed by atoms with Gasteiger partial charge in [-0.1, -0.05) is 0 Å². The summed E-state index contributed by atoms with van der Waals surface area (Å²) in [6.07, 6.45) is -0.0278. The molecule has 1 aromatic carbocycles. The lowest BCUT2D eigenvalue weighted by Crippen LogP contribution is -2.39. The molecule has 2 N–H and O–H groups in total. The second kappa shape index (κ2) is 5.17. The number of ether oxygens (including phenoxy) is 1. The van der Waals surface area contributed by atoms with E-state index in [1.54, 1.807) is 19.2 Å². The highest BCUT2D eigenvalue weighted by atomic mass is 16.5. The van der Waals surface area contributed by atoms with Gasteiger partial charge in [0.1, 0.15) is 11.8 Å². The standard InChI is InChI=1S/C13H16N2O4/c1-15-7-8-5-9(16)3-4-10(8)14-11(13(15)18)6-12(17)19-2/h3-5,11,14,16H,6-7H2,1-2H3. The van der Waals surface area contributed by atoms with Crippen molar-refractivity contribution in [1.82, 2.24) is 4.90 Å². The molecule has 6 nitrogen and oxygen atoms in total. The molecule has 6 heteroatoms. The minimum atomic E-state index is -0.650. The summed E-state index contributed by atoms with van der Waals surface area (Å²) >= 11 is 0. The van der Waals surface area contributed by atoms with Crippen molar-refractivity contribution in [3.63, 3.8) is 0 Å². The van der Waals surface area contributed by atoms with Crippen LogP contribution in [0.3, 0.4) is 0 Å². The van der Waals surface area contributed by atoms with Gasteiger partial charge in [0, 0.05) is 19.3 Å². The number of fused-ring (bicyclic) bond motifs is 1. The Hall–Kier alpha value is -2.24. The highest BCUT2D eigenvalue weighted by molar-refractivity contribution is 5.90. The van der Waals surface area contributed by atoms with Crippen LogP contribution in [-0.2, 0) is 20.9 Å². The van der Waals surface area contributed by atoms with E-state index in [1.165, 1.54) is 18.1 Å². The molecule has 19 heavy (non-hydrogen) atoms. The largest absolute Gasteiger partial charge is 0.508 e. The monoisotopic (exact) mass is 264 g/mol. The number of carbonyl (C=O) groups is 2. The summed E-state index contributed by atoms with van der Waals surface area (Å²) in [5.41, 5.74) is 1.55. The number of nitrogens with zero attached hydrogens (tertiary/aromatic N) is 1. The molecular formula is C13H16N2O4. The van der Waals surface area contributed by atoms with Crippen LogP contribution in [-0.4, -0.2) is 42.1 Å². The van der Waals surface area contributed by atoms with E-state index in [2.05, 4.69) is 10.1 Å². The number of rotatable bonds is 2. The van der Waals surface area contributed by atoms with Gasteiger partial charge in [-0.3, -0.25) is 9.59 Å². The van der Waals surface area contributed by atoms with E-state index < -0.39 is 12.0 Å². The lowest BCUT2D eigenvalue weighted by molar-refractivity contribution is -0.143. The maximum atomic E-state index is 12.1. The van der Waals surface area contributed by atoms with Crippen molar-refractivity contribution >= 4 is 17.6 Å². The Bertz CT molecular complexity index is 515. The zero-order valence-corrected chi connectivity index (χ0v) is 10.8. The van der Waals surface area contributed by atoms with Crippen molar-refractivity contribution in [2.75, 3.05) is 19.5 Å². The number of amides is 1. The molecule has 0 aliphatic carbocycles. The van der Waals surface area contributed by atoms with E-state index in [4.69, 9.17) is 0 Å². The fourth-order valence-electron chi connectivity index (χ4n) is 2.09. The highest BCUT2D eigenvalue weighted by Crippen LogP contribution is 2.26. The molecule has 0 bridgehead atoms. The van der Waals surface area contributed by atoms with Gasteiger partial charge < -0.3 is 20.1 Å². The van der Waals surface area contributed by atoms with Crippen LogP contribution in [0.4, 0.5) is 5.69 Å². The van der Waals surface area contributed by atoms with E-state index in [9.17, 15) is 14.7 Å². The van der Waals surface area contributed by atoms with E-state index in [0.717, 1.165) is 11.3 Å². The number of carbonyl (C=O) groups excluding carboxylic acids is 2. The summed E-state index contributed by atoms with van der Waals surface area (Å²) in [7, 11) is 2.95. The molecule has 102 valence electrons. The van der Waals surface area contributed by atoms with Gasteiger partial charge in [0.2, 0.25) is 5.91 Å². The van der Waals surface area contributed by atoms with Gasteiger partial charge >= 0.3 is 5.97 Å². The van der Waals surface area contributed by atoms with E-state index in [0.29, 0.717) is 6.54 Å². The summed E-state index contributed by atoms with van der Waals surface area (Å²) in [4.78, 5) is 25.0. The Balaban J connectivity index is 2.29. The molecule has 0 aromatic heterocycles. The third-order valence-corrected chi connectivity index (χ3v) is 3.10. The second-order valence-corrected chi connectivity index (χ2v) is 4.51. The van der Waals surface area contributed by atoms with Gasteiger partial charge in [-0.15, -0.1) is 0 Å². The predicted octanol–water partition coefficient (Wildman–Crippen LogP) is 0.708. The number of phenols is 1. The summed E-state index contributed by atoms with van der Waals surface area (Å²) in [6, 6.07) is 4.19. The van der Waals surface area contributed by atoms with Crippen molar-refractivity contribution < 1.29 is 19.4 Å². The van der Waals surface area contributed by atoms with Gasteiger partial charge in [-0.25, -0.2) is 0 Å². The molecule has 0 fully saturated rings. The van der Waals surface area contributed by atoms with Crippen molar-refractivity contribution in [2.24, 2.45) is 0 Å². The van der Waals surface area contributed by atoms with Crippen LogP contribution in [0.1, 0.15) is 12.0 Å². The van der Waals surface area contributed by atoms with Crippen LogP contribution < -0.4 is 5.32 Å². The topological polar surface area (TPSA) is 78.9 Å². The normalized spacial score (nSPS) is 18.3. The zero-order chi connectivity index (χ0) is 14.0. The first-order chi connectivity index (χ1) is 9.01. The summed E-state index contributed by atoms with van der Waals surface area (Å²) in [5.74, 6) is -0.476. The number of hydrogen-bond acceptors (Lipinski definition) is 5. The molecule has 0 saturated carbocycles. The fraction of sp³-hybridized carbons (Fsp3) is 0.385. The third-order valence-electron chi connectivity index (χ3n) is 3.10. The van der Waals surface area contributed by atoms with Crippen molar-refractivity contribution in [3.05, 3.63) is 23.8 Å². The smallest absolute Gasteiger partial charge is 0.308 e. The maximum Gasteiger partial charge on any atom is 0.308 e. The molecule has 1 aliphatic heterocycles. The maximum absolute atomic E-state index is 12.1. The number of anilines is 1. The average Bonchev–Trinajstić information content (AvgIpc) is 2.49. The molecule has 1 atom stereocenters. The van der Waals surface area contributed by atoms with Crippen molar-refractivity contribution in [1.29, 1.82) is 0 Å². The fourth-order valence-corrected chi connectivity index (χ4v) is 2.09. The van der Waals surface area contributed by atoms with Gasteiger partial charge in [0.15, 0.2) is 0 Å². The number of aromatic hydroxyl groups is 1. The lowest BCUT2D eigenvalue weighted by atomic mass is 10.1. The Morgan fingerprint density at radius 3 is 3.00 bits per heavy atom. The van der Waals surface area contributed by atoms with Crippen LogP contribution in [0.25, 0.3) is 0 Å². The Kier molecular flexibility index (Phi) is 3.59. The Morgan fingerprint density at radius 1 is 1.58 bits per heavy atom. The molecular weight excluding hydrogens is 248 g/mol. The summed E-state index contributed by atoms with van der Waals surface area (Å²) < 4.78 is 4.59. The molecule has 1 unspecified atom stereocenters. The third kappa shape index (κ3) is 2.78. The summed E-state index contributed by atoms with van der Waals surface area (Å²) in [6.45, 7) is 0.382. The first-order valence-electron chi connectivity index (χ1n) is 5.91. The number of benzene rings is 1. The molecule has 0 saturated heterocycles. The zero-order valence-electron chi connectivity index (χ0n) is 10.8. The van der Waals surface area contributed by atoms with Crippen LogP contribution in [0.15, 0.2) is 18.2 Å². The van der Waals surface area contributed by atoms with Crippen LogP contribution in [0.5, 0.6) is 5.75 Å². The SMILES string of the molecule is COC(=O)CC1Nc2ccc(O)cc2CN(C)C1=O. The lowest BCUT2D eigenvalue weighted by Gasteiger charge is -2.19. The number of hydrogen-bond donors (Lipinski definition) is 2. The van der Waals surface area contributed by atoms with Gasteiger partial charge in [-0.2, -0.15) is 0 Å². The molecule has 0 spiro atoms. The van der Waals surface area contributed by atoms with Crippen LogP contribution in [0.2, 0.25) is 0 Å². The quantitative estimate of drug-likeness (QED) is 0.607. The molecule has 1 heterocycles. The van der Waals surface area contributed by atoms with Gasteiger partial charge in [0.25, 0.3) is 0 Å². The second-order valence-electron chi connectivity index (χ2n) is 4.51. The minimum absolute atomic E-state index is 0.0278. The Morgan fingerprint density at radius 2 is 2.32 bits per heavy atom. The molecule has 1 aliphatic rings. The van der Waals surface area contributed by atoms with Gasteiger partial charge in [0.05, 0.1) is 13.5 Å². The van der Waals surface area contributed by atoms with Crippen LogP contribution >= 0.6 is 0 Å². The minimum Gasteiger partial charge on any atom is -0.508 e. The molecule has 2 rings (SSSR count). The van der Waals surface area contributed by atoms with Crippen molar-refractivity contribution in [3.8, 4) is 5.75 Å². The first-order valence-corrected chi connectivity index (χ1v) is 5.91. The highest BCUT2D eigenvalue weighted by Gasteiger charge is 2.29. The van der Waals surface area contributed by atoms with Crippen LogP contribution in [0, 0.1) is 0 Å². The number of likely N-dealkylation sites (N-methyl/N-ethyl adjacent to an activating group) is 1. The Labute approximate surface area is 111 Å². The number of esters is 1. The number of methoxy groups -OCH3 is 1. The molecule has 0 radical (unpaired) electrons. The predicted molar refractivity (Wildman–Crippen MR) is 68.6 cm³/mol.